The summed E-state index contributed by atoms with van der Waals surface area (Å²) in [5.41, 5.74) is 0.889. The smallest absolute Gasteiger partial charge is 0.321 e. The molecule has 1 heterocycles. The zero-order valence-corrected chi connectivity index (χ0v) is 13.7. The molecular weight excluding hydrogens is 280 g/mol. The van der Waals surface area contributed by atoms with Crippen LogP contribution in [-0.2, 0) is 0 Å². The first-order chi connectivity index (χ1) is 10.1. The van der Waals surface area contributed by atoms with Crippen molar-refractivity contribution < 1.29 is 4.79 Å². The van der Waals surface area contributed by atoms with Crippen LogP contribution in [0.25, 0.3) is 0 Å². The van der Waals surface area contributed by atoms with Crippen LogP contribution < -0.4 is 5.32 Å². The van der Waals surface area contributed by atoms with Crippen molar-refractivity contribution in [3.05, 3.63) is 36.9 Å². The molecule has 0 unspecified atom stereocenters. The van der Waals surface area contributed by atoms with Gasteiger partial charge < -0.3 is 10.2 Å². The molecule has 1 fully saturated rings. The molecule has 2 atom stereocenters. The van der Waals surface area contributed by atoms with E-state index < -0.39 is 0 Å². The van der Waals surface area contributed by atoms with E-state index in [9.17, 15) is 4.79 Å². The van der Waals surface area contributed by atoms with Gasteiger partial charge in [-0.25, -0.2) is 4.79 Å². The monoisotopic (exact) mass is 304 g/mol. The number of para-hydroxylation sites is 1. The van der Waals surface area contributed by atoms with Gasteiger partial charge in [0.1, 0.15) is 0 Å². The van der Waals surface area contributed by atoms with Crippen molar-refractivity contribution >= 4 is 23.5 Å². The second kappa shape index (κ2) is 7.55. The fraction of sp³-hybridized carbons (Fsp3) is 0.471. The summed E-state index contributed by atoms with van der Waals surface area (Å²) in [6.45, 7) is 9.86. The molecule has 1 aromatic rings. The maximum atomic E-state index is 12.5. The van der Waals surface area contributed by atoms with E-state index in [1.54, 1.807) is 11.8 Å². The van der Waals surface area contributed by atoms with Crippen LogP contribution in [0.4, 0.5) is 10.5 Å². The van der Waals surface area contributed by atoms with Crippen LogP contribution in [0.2, 0.25) is 0 Å². The van der Waals surface area contributed by atoms with Gasteiger partial charge in [0.25, 0.3) is 0 Å². The van der Waals surface area contributed by atoms with Crippen molar-refractivity contribution in [1.29, 1.82) is 0 Å². The number of nitrogens with one attached hydrogen (secondary N) is 1. The number of nitrogens with zero attached hydrogens (tertiary/aromatic N) is 1. The minimum Gasteiger partial charge on any atom is -0.324 e. The number of carbonyl (C=O) groups excluding carboxylic acids is 1. The molecule has 21 heavy (non-hydrogen) atoms. The molecule has 1 aromatic carbocycles. The second-order valence-electron chi connectivity index (χ2n) is 5.88. The van der Waals surface area contributed by atoms with Crippen LogP contribution in [-0.4, -0.2) is 29.8 Å². The number of carbonyl (C=O) groups is 1. The van der Waals surface area contributed by atoms with E-state index in [4.69, 9.17) is 0 Å². The number of benzene rings is 1. The van der Waals surface area contributed by atoms with Crippen LogP contribution >= 0.6 is 11.8 Å². The first-order valence-corrected chi connectivity index (χ1v) is 8.47. The van der Waals surface area contributed by atoms with Gasteiger partial charge in [0.2, 0.25) is 0 Å². The van der Waals surface area contributed by atoms with Crippen molar-refractivity contribution in [3.8, 4) is 0 Å². The number of amides is 2. The number of anilines is 1. The lowest BCUT2D eigenvalue weighted by Gasteiger charge is -2.35. The Hall–Kier alpha value is -1.42. The Morgan fingerprint density at radius 3 is 2.71 bits per heavy atom. The zero-order valence-electron chi connectivity index (χ0n) is 12.8. The molecule has 4 heteroatoms. The number of rotatable bonds is 4. The van der Waals surface area contributed by atoms with E-state index >= 15 is 0 Å². The van der Waals surface area contributed by atoms with Gasteiger partial charge in [0, 0.05) is 23.7 Å². The molecule has 0 saturated carbocycles. The first-order valence-electron chi connectivity index (χ1n) is 7.48. The minimum absolute atomic E-state index is 0.0139. The van der Waals surface area contributed by atoms with Gasteiger partial charge in [0.15, 0.2) is 0 Å². The topological polar surface area (TPSA) is 32.3 Å². The number of hydrogen-bond donors (Lipinski definition) is 1. The third-order valence-electron chi connectivity index (χ3n) is 3.64. The Bertz CT molecular complexity index is 493. The summed E-state index contributed by atoms with van der Waals surface area (Å²) in [7, 11) is 0. The molecule has 0 aliphatic carbocycles. The highest BCUT2D eigenvalue weighted by Gasteiger charge is 2.25. The molecule has 3 nitrogen and oxygen atoms in total. The van der Waals surface area contributed by atoms with E-state index in [2.05, 4.69) is 25.7 Å². The maximum Gasteiger partial charge on any atom is 0.321 e. The number of urea groups is 1. The van der Waals surface area contributed by atoms with Gasteiger partial charge in [-0.05, 0) is 30.4 Å². The lowest BCUT2D eigenvalue weighted by molar-refractivity contribution is 0.156. The molecule has 0 radical (unpaired) electrons. The third-order valence-corrected chi connectivity index (χ3v) is 4.71. The summed E-state index contributed by atoms with van der Waals surface area (Å²) in [6.07, 6.45) is 3.08. The highest BCUT2D eigenvalue weighted by Crippen LogP contribution is 2.28. The molecule has 0 spiro atoms. The van der Waals surface area contributed by atoms with Crippen molar-refractivity contribution in [1.82, 2.24) is 4.90 Å². The normalized spacial score (nSPS) is 21.9. The van der Waals surface area contributed by atoms with Gasteiger partial charge in [-0.2, -0.15) is 0 Å². The molecule has 0 aromatic heterocycles. The molecule has 1 N–H and O–H groups in total. The number of hydrogen-bond acceptors (Lipinski definition) is 2. The second-order valence-corrected chi connectivity index (χ2v) is 6.94. The SMILES string of the molecule is C=CCSc1ccccc1NC(=O)N1C[C@H](C)C[C@H](C)C1. The standard InChI is InChI=1S/C17H24N2OS/c1-4-9-21-16-8-6-5-7-15(16)18-17(20)19-11-13(2)10-14(3)12-19/h4-8,13-14H,1,9-12H2,2-3H3,(H,18,20)/t13-,14+. The third kappa shape index (κ3) is 4.53. The molecule has 1 aliphatic rings. The number of likely N-dealkylation sites (tertiary alicyclic amines) is 1. The molecule has 2 rings (SSSR count). The van der Waals surface area contributed by atoms with Gasteiger partial charge in [-0.15, -0.1) is 18.3 Å². The molecule has 2 amide bonds. The first kappa shape index (κ1) is 16.0. The summed E-state index contributed by atoms with van der Waals surface area (Å²) in [5.74, 6) is 1.99. The highest BCUT2D eigenvalue weighted by molar-refractivity contribution is 7.99. The molecular formula is C17H24N2OS. The summed E-state index contributed by atoms with van der Waals surface area (Å²) in [6, 6.07) is 7.95. The number of thioether (sulfide) groups is 1. The van der Waals surface area contributed by atoms with E-state index in [-0.39, 0.29) is 6.03 Å². The van der Waals surface area contributed by atoms with Crippen LogP contribution in [0.15, 0.2) is 41.8 Å². The molecule has 1 saturated heterocycles. The van der Waals surface area contributed by atoms with Gasteiger partial charge in [0.05, 0.1) is 5.69 Å². The van der Waals surface area contributed by atoms with Gasteiger partial charge in [-0.1, -0.05) is 32.1 Å². The average molecular weight is 304 g/mol. The fourth-order valence-electron chi connectivity index (χ4n) is 2.87. The summed E-state index contributed by atoms with van der Waals surface area (Å²) in [4.78, 5) is 15.5. The minimum atomic E-state index is 0.0139. The van der Waals surface area contributed by atoms with Crippen molar-refractivity contribution in [2.45, 2.75) is 25.2 Å². The van der Waals surface area contributed by atoms with Crippen LogP contribution in [0.1, 0.15) is 20.3 Å². The van der Waals surface area contributed by atoms with Gasteiger partial charge >= 0.3 is 6.03 Å². The quantitative estimate of drug-likeness (QED) is 0.657. The maximum absolute atomic E-state index is 12.5. The highest BCUT2D eigenvalue weighted by atomic mass is 32.2. The van der Waals surface area contributed by atoms with Crippen LogP contribution in [0.3, 0.4) is 0 Å². The lowest BCUT2D eigenvalue weighted by Crippen LogP contribution is -2.44. The lowest BCUT2D eigenvalue weighted by atomic mass is 9.92. The Kier molecular flexibility index (Phi) is 5.74. The average Bonchev–Trinajstić information content (AvgIpc) is 2.45. The number of piperidine rings is 1. The Labute approximate surface area is 131 Å². The van der Waals surface area contributed by atoms with E-state index in [0.29, 0.717) is 11.8 Å². The van der Waals surface area contributed by atoms with Gasteiger partial charge in [-0.3, -0.25) is 0 Å². The Morgan fingerprint density at radius 2 is 2.05 bits per heavy atom. The van der Waals surface area contributed by atoms with E-state index in [0.717, 1.165) is 29.4 Å². The summed E-state index contributed by atoms with van der Waals surface area (Å²) in [5, 5.41) is 3.06. The molecule has 1 aliphatic heterocycles. The van der Waals surface area contributed by atoms with E-state index in [1.165, 1.54) is 6.42 Å². The fourth-order valence-corrected chi connectivity index (χ4v) is 3.61. The Morgan fingerprint density at radius 1 is 1.38 bits per heavy atom. The largest absolute Gasteiger partial charge is 0.324 e. The Balaban J connectivity index is 2.03. The molecule has 0 bridgehead atoms. The van der Waals surface area contributed by atoms with E-state index in [1.807, 2.05) is 35.2 Å². The predicted molar refractivity (Wildman–Crippen MR) is 90.9 cm³/mol. The van der Waals surface area contributed by atoms with Crippen molar-refractivity contribution in [3.63, 3.8) is 0 Å². The predicted octanol–water partition coefficient (Wildman–Crippen LogP) is 4.47. The zero-order chi connectivity index (χ0) is 15.2. The van der Waals surface area contributed by atoms with Crippen molar-refractivity contribution in [2.75, 3.05) is 24.2 Å². The van der Waals surface area contributed by atoms with Crippen LogP contribution in [0.5, 0.6) is 0 Å². The summed E-state index contributed by atoms with van der Waals surface area (Å²) < 4.78 is 0. The summed E-state index contributed by atoms with van der Waals surface area (Å²) >= 11 is 1.69. The van der Waals surface area contributed by atoms with Crippen LogP contribution in [0, 0.1) is 11.8 Å². The van der Waals surface area contributed by atoms with Crippen molar-refractivity contribution in [2.24, 2.45) is 11.8 Å². The molecule has 114 valence electrons.